The fourth-order valence-corrected chi connectivity index (χ4v) is 9.26. The molecule has 0 amide bonds. The van der Waals surface area contributed by atoms with Gasteiger partial charge in [-0.15, -0.1) is 0 Å². The average Bonchev–Trinajstić information content (AvgIpc) is 3.39. The molecule has 0 bridgehead atoms. The van der Waals surface area contributed by atoms with Crippen LogP contribution in [0, 0.1) is 0 Å². The van der Waals surface area contributed by atoms with Gasteiger partial charge in [0.15, 0.2) is 6.10 Å². The highest BCUT2D eigenvalue weighted by molar-refractivity contribution is 7.47. The van der Waals surface area contributed by atoms with Crippen LogP contribution in [0.1, 0.15) is 264 Å². The topological polar surface area (TPSA) is 108 Å². The molecule has 0 aliphatic carbocycles. The Hall–Kier alpha value is -3.07. The van der Waals surface area contributed by atoms with E-state index in [9.17, 15) is 19.0 Å². The van der Waals surface area contributed by atoms with Crippen molar-refractivity contribution in [2.45, 2.75) is 270 Å². The lowest BCUT2D eigenvalue weighted by atomic mass is 10.0. The van der Waals surface area contributed by atoms with E-state index < -0.39 is 26.5 Å². The number of hydrogen-bond donors (Lipinski definition) is 1. The number of unbranched alkanes of at least 4 members (excludes halogenated alkanes) is 27. The molecule has 444 valence electrons. The highest BCUT2D eigenvalue weighted by Gasteiger charge is 2.27. The minimum Gasteiger partial charge on any atom is -0.462 e. The summed E-state index contributed by atoms with van der Waals surface area (Å²) in [5, 5.41) is 0. The zero-order valence-corrected chi connectivity index (χ0v) is 51.3. The van der Waals surface area contributed by atoms with Gasteiger partial charge >= 0.3 is 19.8 Å². The van der Waals surface area contributed by atoms with Crippen LogP contribution in [-0.4, -0.2) is 74.9 Å². The van der Waals surface area contributed by atoms with Crippen molar-refractivity contribution in [3.63, 3.8) is 0 Å². The Morgan fingerprint density at radius 2 is 0.740 bits per heavy atom. The maximum atomic E-state index is 12.8. The average molecular weight is 1100 g/mol. The van der Waals surface area contributed by atoms with Crippen molar-refractivity contribution in [3.8, 4) is 0 Å². The Morgan fingerprint density at radius 3 is 1.10 bits per heavy atom. The van der Waals surface area contributed by atoms with Crippen LogP contribution in [0.3, 0.4) is 0 Å². The molecule has 0 aliphatic heterocycles. The fraction of sp³-hybridized carbons (Fsp3) is 0.731. The minimum absolute atomic E-state index is 0.0277. The Labute approximate surface area is 474 Å². The van der Waals surface area contributed by atoms with Crippen molar-refractivity contribution in [2.75, 3.05) is 47.5 Å². The van der Waals surface area contributed by atoms with Crippen LogP contribution < -0.4 is 0 Å². The van der Waals surface area contributed by atoms with Crippen LogP contribution in [0.2, 0.25) is 0 Å². The van der Waals surface area contributed by atoms with Gasteiger partial charge < -0.3 is 18.9 Å². The van der Waals surface area contributed by atoms with E-state index in [1.807, 2.05) is 21.1 Å². The molecule has 0 aromatic carbocycles. The van der Waals surface area contributed by atoms with Crippen molar-refractivity contribution in [2.24, 2.45) is 0 Å². The van der Waals surface area contributed by atoms with E-state index in [-0.39, 0.29) is 32.0 Å². The molecule has 0 saturated heterocycles. The second kappa shape index (κ2) is 57.6. The molecule has 77 heavy (non-hydrogen) atoms. The number of allylic oxidation sites excluding steroid dienone is 16. The van der Waals surface area contributed by atoms with Gasteiger partial charge in [-0.2, -0.15) is 0 Å². The molecule has 0 aromatic heterocycles. The number of nitrogens with zero attached hydrogens (tertiary/aromatic N) is 1. The molecule has 9 nitrogen and oxygen atoms in total. The van der Waals surface area contributed by atoms with Crippen LogP contribution in [0.5, 0.6) is 0 Å². The Bertz CT molecular complexity index is 1620. The number of ether oxygens (including phenoxy) is 2. The Kier molecular flexibility index (Phi) is 55.3. The summed E-state index contributed by atoms with van der Waals surface area (Å²) in [5.41, 5.74) is 0. The van der Waals surface area contributed by atoms with Crippen molar-refractivity contribution in [3.05, 3.63) is 97.2 Å². The van der Waals surface area contributed by atoms with Crippen LogP contribution in [0.15, 0.2) is 97.2 Å². The van der Waals surface area contributed by atoms with Gasteiger partial charge in [0.05, 0.1) is 27.7 Å². The molecule has 0 spiro atoms. The van der Waals surface area contributed by atoms with Crippen molar-refractivity contribution < 1.29 is 42.1 Å². The lowest BCUT2D eigenvalue weighted by molar-refractivity contribution is -0.870. The first-order valence-electron chi connectivity index (χ1n) is 31.5. The predicted molar refractivity (Wildman–Crippen MR) is 330 cm³/mol. The molecule has 0 fully saturated rings. The summed E-state index contributed by atoms with van der Waals surface area (Å²) in [6.07, 6.45) is 79.2. The maximum absolute atomic E-state index is 12.8. The number of likely N-dealkylation sites (N-methyl/N-ethyl adjacent to an activating group) is 1. The SMILES string of the molecule is CC/C=C\C/C=C\C/C=C\C/C=C\C/C=C\C/C=C\CCCCCCCCCCCCCCCCCCC(=O)OC(COC(=O)CCCCCCCCC/C=C\C/C=C\CCCCCC)COP(=O)(O)OCC[N+](C)(C)C. The van der Waals surface area contributed by atoms with Crippen LogP contribution >= 0.6 is 7.82 Å². The smallest absolute Gasteiger partial charge is 0.462 e. The zero-order chi connectivity index (χ0) is 56.3. The van der Waals surface area contributed by atoms with E-state index in [2.05, 4.69) is 111 Å². The van der Waals surface area contributed by atoms with Gasteiger partial charge in [0.1, 0.15) is 19.8 Å². The molecule has 0 aliphatic rings. The second-order valence-corrected chi connectivity index (χ2v) is 23.5. The second-order valence-electron chi connectivity index (χ2n) is 22.1. The number of quaternary nitrogens is 1. The molecule has 1 N–H and O–H groups in total. The third kappa shape index (κ3) is 62.0. The molecule has 0 rings (SSSR count). The minimum atomic E-state index is -4.39. The summed E-state index contributed by atoms with van der Waals surface area (Å²) < 4.78 is 34.6. The number of phosphoric acid groups is 1. The largest absolute Gasteiger partial charge is 0.472 e. The Balaban J connectivity index is 4.06. The molecular weight excluding hydrogens is 978 g/mol. The molecular formula is C67H119NO8P+. The summed E-state index contributed by atoms with van der Waals surface area (Å²) >= 11 is 0. The maximum Gasteiger partial charge on any atom is 0.472 e. The zero-order valence-electron chi connectivity index (χ0n) is 50.4. The molecule has 0 heterocycles. The van der Waals surface area contributed by atoms with Gasteiger partial charge in [-0.05, 0) is 96.3 Å². The van der Waals surface area contributed by atoms with Gasteiger partial charge in [0.2, 0.25) is 0 Å². The van der Waals surface area contributed by atoms with Crippen molar-refractivity contribution in [1.82, 2.24) is 0 Å². The number of rotatable bonds is 57. The molecule has 0 saturated carbocycles. The lowest BCUT2D eigenvalue weighted by Crippen LogP contribution is -2.37. The van der Waals surface area contributed by atoms with E-state index in [4.69, 9.17) is 18.5 Å². The van der Waals surface area contributed by atoms with E-state index in [0.717, 1.165) is 96.3 Å². The summed E-state index contributed by atoms with van der Waals surface area (Å²) in [7, 11) is 1.47. The Morgan fingerprint density at radius 1 is 0.416 bits per heavy atom. The summed E-state index contributed by atoms with van der Waals surface area (Å²) in [6, 6.07) is 0. The lowest BCUT2D eigenvalue weighted by Gasteiger charge is -2.24. The summed E-state index contributed by atoms with van der Waals surface area (Å²) in [5.74, 6) is -0.803. The van der Waals surface area contributed by atoms with E-state index in [1.165, 1.54) is 135 Å². The molecule has 10 heteroatoms. The van der Waals surface area contributed by atoms with Crippen LogP contribution in [0.25, 0.3) is 0 Å². The highest BCUT2D eigenvalue weighted by atomic mass is 31.2. The number of carbonyl (C=O) groups is 2. The number of carbonyl (C=O) groups excluding carboxylic acids is 2. The van der Waals surface area contributed by atoms with E-state index >= 15 is 0 Å². The van der Waals surface area contributed by atoms with Crippen LogP contribution in [-0.2, 0) is 32.7 Å². The van der Waals surface area contributed by atoms with Gasteiger partial charge in [-0.3, -0.25) is 18.6 Å². The van der Waals surface area contributed by atoms with Gasteiger partial charge in [0.25, 0.3) is 0 Å². The van der Waals surface area contributed by atoms with Gasteiger partial charge in [-0.25, -0.2) is 4.57 Å². The number of phosphoric ester groups is 1. The first-order valence-corrected chi connectivity index (χ1v) is 33.0. The fourth-order valence-electron chi connectivity index (χ4n) is 8.52. The highest BCUT2D eigenvalue weighted by Crippen LogP contribution is 2.43. The molecule has 0 aromatic rings. The van der Waals surface area contributed by atoms with E-state index in [1.54, 1.807) is 0 Å². The summed E-state index contributed by atoms with van der Waals surface area (Å²) in [4.78, 5) is 35.7. The first kappa shape index (κ1) is 73.9. The predicted octanol–water partition coefficient (Wildman–Crippen LogP) is 20.0. The molecule has 0 radical (unpaired) electrons. The number of esters is 2. The van der Waals surface area contributed by atoms with Gasteiger partial charge in [-0.1, -0.05) is 252 Å². The third-order valence-electron chi connectivity index (χ3n) is 13.3. The number of hydrogen-bond acceptors (Lipinski definition) is 7. The monoisotopic (exact) mass is 1100 g/mol. The van der Waals surface area contributed by atoms with Crippen molar-refractivity contribution >= 4 is 19.8 Å². The molecule has 2 atom stereocenters. The molecule has 2 unspecified atom stereocenters. The normalized spacial score (nSPS) is 13.9. The third-order valence-corrected chi connectivity index (χ3v) is 14.3. The van der Waals surface area contributed by atoms with Gasteiger partial charge in [0, 0.05) is 12.8 Å². The summed E-state index contributed by atoms with van der Waals surface area (Å²) in [6.45, 7) is 4.31. The van der Waals surface area contributed by atoms with Crippen LogP contribution in [0.4, 0.5) is 0 Å². The van der Waals surface area contributed by atoms with Crippen molar-refractivity contribution in [1.29, 1.82) is 0 Å². The first-order chi connectivity index (χ1) is 37.5. The standard InChI is InChI=1S/C67H118NO8P/c1-6-8-10-12-14-16-18-20-22-24-26-27-28-29-30-31-32-33-34-35-36-37-38-39-40-41-42-44-46-48-50-52-54-56-58-60-67(70)76-65(64-75-77(71,72)74-62-61-68(3,4)5)63-73-66(69)59-57-55-53-51-49-47-45-43-25-23-21-19-17-15-13-11-9-7-2/h8,10,14,16-17,19-20,22-23,25-27,29-30,32-33,65H,6-7,9,11-13,15,18,21,24,28,31,34-64H2,1-5H3/p+1/b10-8-,16-14-,19-17-,22-20-,25-23-,27-26-,30-29-,33-32-. The quantitative estimate of drug-likeness (QED) is 0.0211. The van der Waals surface area contributed by atoms with E-state index in [0.29, 0.717) is 17.4 Å².